The highest BCUT2D eigenvalue weighted by molar-refractivity contribution is 5.94. The average molecular weight is 364 g/mol. The van der Waals surface area contributed by atoms with Crippen LogP contribution in [0.5, 0.6) is 0 Å². The monoisotopic (exact) mass is 364 g/mol. The highest BCUT2D eigenvalue weighted by Crippen LogP contribution is 2.19. The number of pyridine rings is 1. The van der Waals surface area contributed by atoms with E-state index in [0.29, 0.717) is 17.4 Å². The zero-order valence-corrected chi connectivity index (χ0v) is 15.0. The summed E-state index contributed by atoms with van der Waals surface area (Å²) in [5, 5.41) is 21.1. The van der Waals surface area contributed by atoms with Gasteiger partial charge in [0.1, 0.15) is 5.82 Å². The maximum Gasteiger partial charge on any atom is 0.255 e. The van der Waals surface area contributed by atoms with Crippen LogP contribution in [0.1, 0.15) is 23.2 Å². The Kier molecular flexibility index (Phi) is 6.79. The van der Waals surface area contributed by atoms with Crippen LogP contribution in [0.4, 0.5) is 5.82 Å². The smallest absolute Gasteiger partial charge is 0.255 e. The zero-order valence-electron chi connectivity index (χ0n) is 15.0. The number of aliphatic hydroxyl groups is 2. The van der Waals surface area contributed by atoms with E-state index in [2.05, 4.69) is 15.2 Å². The van der Waals surface area contributed by atoms with E-state index in [1.165, 1.54) is 0 Å². The van der Waals surface area contributed by atoms with Crippen LogP contribution in [-0.2, 0) is 4.74 Å². The molecule has 0 unspecified atom stereocenters. The third-order valence-corrected chi connectivity index (χ3v) is 5.05. The normalized spacial score (nSPS) is 20.8. The molecule has 1 aromatic rings. The summed E-state index contributed by atoms with van der Waals surface area (Å²) in [5.41, 5.74) is 0.572. The molecule has 0 saturated carbocycles. The molecule has 1 atom stereocenters. The fraction of sp³-hybridized carbons (Fsp3) is 0.667. The number of aliphatic hydroxyl groups excluding tert-OH is 2. The van der Waals surface area contributed by atoms with E-state index in [1.807, 2.05) is 4.90 Å². The van der Waals surface area contributed by atoms with Crippen molar-refractivity contribution in [3.05, 3.63) is 23.9 Å². The van der Waals surface area contributed by atoms with Gasteiger partial charge >= 0.3 is 0 Å². The molecule has 0 aromatic carbocycles. The van der Waals surface area contributed by atoms with E-state index >= 15 is 0 Å². The molecule has 3 N–H and O–H groups in total. The Hall–Kier alpha value is -1.74. The molecular formula is C18H28N4O4. The maximum atomic E-state index is 12.7. The Bertz CT molecular complexity index is 569. The van der Waals surface area contributed by atoms with Gasteiger partial charge < -0.3 is 25.2 Å². The van der Waals surface area contributed by atoms with Crippen molar-refractivity contribution in [2.24, 2.45) is 0 Å². The van der Waals surface area contributed by atoms with Gasteiger partial charge in [-0.15, -0.1) is 0 Å². The highest BCUT2D eigenvalue weighted by Gasteiger charge is 2.28. The summed E-state index contributed by atoms with van der Waals surface area (Å²) in [6.45, 7) is 5.04. The molecule has 3 rings (SSSR count). The molecular weight excluding hydrogens is 336 g/mol. The van der Waals surface area contributed by atoms with Crippen molar-refractivity contribution in [3.8, 4) is 0 Å². The van der Waals surface area contributed by atoms with E-state index in [0.717, 1.165) is 52.2 Å². The number of carbonyl (C=O) groups excluding carboxylic acids is 1. The number of likely N-dealkylation sites (tertiary alicyclic amines) is 1. The molecule has 0 spiro atoms. The number of amides is 1. The lowest BCUT2D eigenvalue weighted by Crippen LogP contribution is -2.50. The van der Waals surface area contributed by atoms with Crippen LogP contribution >= 0.6 is 0 Å². The summed E-state index contributed by atoms with van der Waals surface area (Å²) in [6, 6.07) is 4.01. The van der Waals surface area contributed by atoms with Crippen molar-refractivity contribution >= 4 is 11.7 Å². The van der Waals surface area contributed by atoms with Crippen molar-refractivity contribution in [2.45, 2.75) is 25.0 Å². The molecule has 8 heteroatoms. The number of nitrogens with one attached hydrogen (secondary N) is 1. The molecule has 0 radical (unpaired) electrons. The Morgan fingerprint density at radius 1 is 1.27 bits per heavy atom. The minimum Gasteiger partial charge on any atom is -0.394 e. The molecule has 2 fully saturated rings. The van der Waals surface area contributed by atoms with E-state index in [4.69, 9.17) is 9.84 Å². The molecule has 2 aliphatic rings. The Balaban J connectivity index is 1.48. The van der Waals surface area contributed by atoms with Crippen LogP contribution in [0, 0.1) is 0 Å². The van der Waals surface area contributed by atoms with Crippen LogP contribution in [0.15, 0.2) is 18.3 Å². The summed E-state index contributed by atoms with van der Waals surface area (Å²) in [5.74, 6) is 0.583. The summed E-state index contributed by atoms with van der Waals surface area (Å²) in [7, 11) is 0. The standard InChI is InChI=1S/C18H28N4O4/c23-13-16(24)12-20-17-2-1-14(11-19-17)18(25)22-5-3-15(4-6-22)21-7-9-26-10-8-21/h1-2,11,15-16,23-24H,3-10,12-13H2,(H,19,20)/t16-/m1/s1. The van der Waals surface area contributed by atoms with Crippen molar-refractivity contribution < 1.29 is 19.7 Å². The van der Waals surface area contributed by atoms with Gasteiger partial charge in [0.2, 0.25) is 0 Å². The first-order chi connectivity index (χ1) is 12.7. The van der Waals surface area contributed by atoms with Gasteiger partial charge in [-0.3, -0.25) is 9.69 Å². The van der Waals surface area contributed by atoms with Crippen LogP contribution < -0.4 is 5.32 Å². The third-order valence-electron chi connectivity index (χ3n) is 5.05. The molecule has 0 aliphatic carbocycles. The lowest BCUT2D eigenvalue weighted by Gasteiger charge is -2.40. The topological polar surface area (TPSA) is 98.2 Å². The fourth-order valence-electron chi connectivity index (χ4n) is 3.47. The molecule has 1 aromatic heterocycles. The number of nitrogens with zero attached hydrogens (tertiary/aromatic N) is 3. The van der Waals surface area contributed by atoms with Gasteiger partial charge in [0.25, 0.3) is 5.91 Å². The van der Waals surface area contributed by atoms with Gasteiger partial charge in [-0.1, -0.05) is 0 Å². The van der Waals surface area contributed by atoms with Gasteiger partial charge in [-0.05, 0) is 25.0 Å². The van der Waals surface area contributed by atoms with Crippen LogP contribution in [-0.4, -0.2) is 95.6 Å². The first-order valence-electron chi connectivity index (χ1n) is 9.27. The number of piperidine rings is 1. The minimum atomic E-state index is -0.828. The van der Waals surface area contributed by atoms with Gasteiger partial charge in [0.05, 0.1) is 31.5 Å². The number of carbonyl (C=O) groups is 1. The summed E-state index contributed by atoms with van der Waals surface area (Å²) < 4.78 is 5.41. The van der Waals surface area contributed by atoms with Crippen molar-refractivity contribution in [2.75, 3.05) is 57.9 Å². The number of morpholine rings is 1. The summed E-state index contributed by atoms with van der Waals surface area (Å²) in [6.07, 6.45) is 2.73. The molecule has 1 amide bonds. The van der Waals surface area contributed by atoms with Gasteiger partial charge in [0.15, 0.2) is 0 Å². The lowest BCUT2D eigenvalue weighted by atomic mass is 10.0. The van der Waals surface area contributed by atoms with Crippen LogP contribution in [0.25, 0.3) is 0 Å². The number of hydrogen-bond acceptors (Lipinski definition) is 7. The molecule has 2 aliphatic heterocycles. The maximum absolute atomic E-state index is 12.7. The Morgan fingerprint density at radius 3 is 2.62 bits per heavy atom. The minimum absolute atomic E-state index is 0.0138. The van der Waals surface area contributed by atoms with Crippen molar-refractivity contribution in [1.82, 2.24) is 14.8 Å². The van der Waals surface area contributed by atoms with Gasteiger partial charge in [-0.25, -0.2) is 4.98 Å². The van der Waals surface area contributed by atoms with Gasteiger partial charge in [0, 0.05) is 45.0 Å². The van der Waals surface area contributed by atoms with Crippen LogP contribution in [0.2, 0.25) is 0 Å². The van der Waals surface area contributed by atoms with E-state index in [1.54, 1.807) is 18.3 Å². The molecule has 26 heavy (non-hydrogen) atoms. The predicted octanol–water partition coefficient (Wildman–Crippen LogP) is -0.216. The second-order valence-corrected chi connectivity index (χ2v) is 6.82. The SMILES string of the molecule is O=C(c1ccc(NC[C@@H](O)CO)nc1)N1CCC(N2CCOCC2)CC1. The first kappa shape index (κ1) is 19.0. The molecule has 144 valence electrons. The molecule has 3 heterocycles. The average Bonchev–Trinajstić information content (AvgIpc) is 2.72. The fourth-order valence-corrected chi connectivity index (χ4v) is 3.47. The number of rotatable bonds is 6. The molecule has 0 bridgehead atoms. The van der Waals surface area contributed by atoms with Gasteiger partial charge in [-0.2, -0.15) is 0 Å². The Labute approximate surface area is 153 Å². The zero-order chi connectivity index (χ0) is 18.4. The van der Waals surface area contributed by atoms with Crippen molar-refractivity contribution in [3.63, 3.8) is 0 Å². The number of anilines is 1. The largest absolute Gasteiger partial charge is 0.394 e. The Morgan fingerprint density at radius 2 is 2.00 bits per heavy atom. The third kappa shape index (κ3) is 4.91. The summed E-state index contributed by atoms with van der Waals surface area (Å²) >= 11 is 0. The lowest BCUT2D eigenvalue weighted by molar-refractivity contribution is 0.00158. The number of ether oxygens (including phenoxy) is 1. The second kappa shape index (κ2) is 9.27. The second-order valence-electron chi connectivity index (χ2n) is 6.82. The highest BCUT2D eigenvalue weighted by atomic mass is 16.5. The number of aromatic nitrogens is 1. The summed E-state index contributed by atoms with van der Waals surface area (Å²) in [4.78, 5) is 21.3. The van der Waals surface area contributed by atoms with Crippen molar-refractivity contribution in [1.29, 1.82) is 0 Å². The predicted molar refractivity (Wildman–Crippen MR) is 97.1 cm³/mol. The molecule has 2 saturated heterocycles. The van der Waals surface area contributed by atoms with E-state index in [9.17, 15) is 9.90 Å². The quantitative estimate of drug-likeness (QED) is 0.642. The first-order valence-corrected chi connectivity index (χ1v) is 9.27. The van der Waals surface area contributed by atoms with Crippen LogP contribution in [0.3, 0.4) is 0 Å². The van der Waals surface area contributed by atoms with E-state index < -0.39 is 6.10 Å². The molecule has 8 nitrogen and oxygen atoms in total. The number of hydrogen-bond donors (Lipinski definition) is 3. The van der Waals surface area contributed by atoms with E-state index in [-0.39, 0.29) is 19.1 Å².